The largest absolute Gasteiger partial charge is 0.379 e. The lowest BCUT2D eigenvalue weighted by Gasteiger charge is -2.15. The molecule has 7 heteroatoms. The average Bonchev–Trinajstić information content (AvgIpc) is 3.28. The molecule has 0 saturated carbocycles. The second-order valence-electron chi connectivity index (χ2n) is 6.50. The number of benzene rings is 1. The normalized spacial score (nSPS) is 19.9. The molecule has 1 N–H and O–H groups in total. The maximum atomic E-state index is 12.3. The summed E-state index contributed by atoms with van der Waals surface area (Å²) in [6.45, 7) is 8.29. The van der Waals surface area contributed by atoms with Gasteiger partial charge in [-0.1, -0.05) is 44.2 Å². The van der Waals surface area contributed by atoms with E-state index in [4.69, 9.17) is 4.74 Å². The third-order valence-electron chi connectivity index (χ3n) is 4.84. The summed E-state index contributed by atoms with van der Waals surface area (Å²) in [5.41, 5.74) is 1.57. The number of hydrogen-bond donors (Lipinski definition) is 1. The number of nitrogens with one attached hydrogen (secondary N) is 1. The Labute approximate surface area is 159 Å². The monoisotopic (exact) mass is 369 g/mol. The highest BCUT2D eigenvalue weighted by Gasteiger charge is 2.36. The molecule has 4 rings (SSSR count). The van der Waals surface area contributed by atoms with E-state index in [0.29, 0.717) is 17.2 Å². The molecule has 0 bridgehead atoms. The first kappa shape index (κ1) is 19.3. The van der Waals surface area contributed by atoms with Gasteiger partial charge in [0.05, 0.1) is 18.2 Å². The Bertz CT molecular complexity index is 934. The van der Waals surface area contributed by atoms with Crippen LogP contribution in [0.4, 0.5) is 0 Å². The van der Waals surface area contributed by atoms with Crippen molar-refractivity contribution in [2.75, 3.05) is 20.2 Å². The van der Waals surface area contributed by atoms with E-state index in [1.807, 2.05) is 39.0 Å². The van der Waals surface area contributed by atoms with E-state index in [9.17, 15) is 4.79 Å². The molecule has 144 valence electrons. The van der Waals surface area contributed by atoms with Gasteiger partial charge in [0.25, 0.3) is 5.56 Å². The van der Waals surface area contributed by atoms with Gasteiger partial charge in [0.15, 0.2) is 5.52 Å². The molecule has 2 unspecified atom stereocenters. The van der Waals surface area contributed by atoms with Gasteiger partial charge in [0.1, 0.15) is 11.6 Å². The van der Waals surface area contributed by atoms with Gasteiger partial charge in [-0.2, -0.15) is 5.10 Å². The van der Waals surface area contributed by atoms with Crippen LogP contribution in [0.15, 0.2) is 41.3 Å². The molecule has 27 heavy (non-hydrogen) atoms. The molecule has 1 aliphatic rings. The Morgan fingerprint density at radius 2 is 1.96 bits per heavy atom. The first-order valence-electron chi connectivity index (χ1n) is 9.39. The number of fused-ring (bicyclic) bond motifs is 1. The minimum Gasteiger partial charge on any atom is -0.379 e. The van der Waals surface area contributed by atoms with Crippen LogP contribution in [0, 0.1) is 6.92 Å². The molecule has 1 aromatic carbocycles. The van der Waals surface area contributed by atoms with Crippen molar-refractivity contribution in [1.29, 1.82) is 0 Å². The number of likely N-dealkylation sites (tertiary alicyclic amines) is 1. The van der Waals surface area contributed by atoms with Crippen molar-refractivity contribution in [2.24, 2.45) is 0 Å². The number of nitrogens with zero attached hydrogens (tertiary/aromatic N) is 4. The standard InChI is InChI=1S/C18H21N5O2.C2H6/c1-12-19-8-15-18(24)20-17(21-23(12)15)14-10-22(11-16(14)25-2)9-13-6-4-3-5-7-13;1-2/h3-8,14,16H,9-11H2,1-2H3,(H,20,21,24);1-2H3. The summed E-state index contributed by atoms with van der Waals surface area (Å²) in [6, 6.07) is 10.4. The van der Waals surface area contributed by atoms with Gasteiger partial charge < -0.3 is 9.72 Å². The predicted octanol–water partition coefficient (Wildman–Crippen LogP) is 2.37. The number of aromatic amines is 1. The lowest BCUT2D eigenvalue weighted by molar-refractivity contribution is 0.0945. The van der Waals surface area contributed by atoms with Crippen molar-refractivity contribution in [3.8, 4) is 0 Å². The van der Waals surface area contributed by atoms with Crippen LogP contribution < -0.4 is 5.56 Å². The number of aromatic nitrogens is 4. The summed E-state index contributed by atoms with van der Waals surface area (Å²) in [4.78, 5) is 21.8. The van der Waals surface area contributed by atoms with Gasteiger partial charge in [-0.3, -0.25) is 9.69 Å². The molecule has 3 heterocycles. The summed E-state index contributed by atoms with van der Waals surface area (Å²) in [7, 11) is 1.71. The smallest absolute Gasteiger partial charge is 0.276 e. The number of methoxy groups -OCH3 is 1. The Hall–Kier alpha value is -2.51. The SMILES string of the molecule is CC.COC1CN(Cc2ccccc2)CC1c1nn2c(C)ncc2c(=O)[nH]1. The van der Waals surface area contributed by atoms with E-state index in [0.717, 1.165) is 19.6 Å². The van der Waals surface area contributed by atoms with Crippen LogP contribution in [0.3, 0.4) is 0 Å². The zero-order chi connectivity index (χ0) is 19.4. The molecule has 0 spiro atoms. The molecule has 7 nitrogen and oxygen atoms in total. The second kappa shape index (κ2) is 8.45. The first-order chi connectivity index (χ1) is 13.2. The quantitative estimate of drug-likeness (QED) is 0.764. The van der Waals surface area contributed by atoms with Crippen molar-refractivity contribution in [3.63, 3.8) is 0 Å². The molecule has 1 saturated heterocycles. The third-order valence-corrected chi connectivity index (χ3v) is 4.84. The first-order valence-corrected chi connectivity index (χ1v) is 9.39. The molecule has 0 amide bonds. The van der Waals surface area contributed by atoms with Gasteiger partial charge in [-0.15, -0.1) is 0 Å². The van der Waals surface area contributed by atoms with E-state index in [2.05, 4.69) is 32.1 Å². The average molecular weight is 369 g/mol. The van der Waals surface area contributed by atoms with Crippen molar-refractivity contribution in [3.05, 3.63) is 64.1 Å². The summed E-state index contributed by atoms with van der Waals surface area (Å²) in [6.07, 6.45) is 1.54. The number of imidazole rings is 1. The fourth-order valence-electron chi connectivity index (χ4n) is 3.52. The highest BCUT2D eigenvalue weighted by molar-refractivity contribution is 5.41. The fraction of sp³-hybridized carbons (Fsp3) is 0.450. The van der Waals surface area contributed by atoms with Crippen LogP contribution >= 0.6 is 0 Å². The van der Waals surface area contributed by atoms with Gasteiger partial charge in [-0.05, 0) is 12.5 Å². The van der Waals surface area contributed by atoms with E-state index in [-0.39, 0.29) is 17.6 Å². The molecule has 1 fully saturated rings. The molecular formula is C20H27N5O2. The predicted molar refractivity (Wildman–Crippen MR) is 105 cm³/mol. The number of aryl methyl sites for hydroxylation is 1. The summed E-state index contributed by atoms with van der Waals surface area (Å²) < 4.78 is 7.29. The van der Waals surface area contributed by atoms with Crippen LogP contribution in [0.5, 0.6) is 0 Å². The summed E-state index contributed by atoms with van der Waals surface area (Å²) in [5, 5.41) is 4.61. The molecule has 0 aliphatic carbocycles. The summed E-state index contributed by atoms with van der Waals surface area (Å²) in [5.74, 6) is 1.38. The van der Waals surface area contributed by atoms with E-state index in [1.165, 1.54) is 5.56 Å². The van der Waals surface area contributed by atoms with E-state index < -0.39 is 0 Å². The molecule has 1 aliphatic heterocycles. The lowest BCUT2D eigenvalue weighted by Crippen LogP contribution is -2.25. The Morgan fingerprint density at radius 3 is 2.67 bits per heavy atom. The van der Waals surface area contributed by atoms with Crippen molar-refractivity contribution < 1.29 is 4.74 Å². The number of hydrogen-bond acceptors (Lipinski definition) is 5. The van der Waals surface area contributed by atoms with Crippen LogP contribution in [-0.4, -0.2) is 50.8 Å². The molecular weight excluding hydrogens is 342 g/mol. The maximum Gasteiger partial charge on any atom is 0.276 e. The Balaban J connectivity index is 0.00000102. The molecule has 0 radical (unpaired) electrons. The molecule has 2 atom stereocenters. The van der Waals surface area contributed by atoms with Gasteiger partial charge >= 0.3 is 0 Å². The fourth-order valence-corrected chi connectivity index (χ4v) is 3.52. The summed E-state index contributed by atoms with van der Waals surface area (Å²) >= 11 is 0. The van der Waals surface area contributed by atoms with Crippen LogP contribution in [0.2, 0.25) is 0 Å². The lowest BCUT2D eigenvalue weighted by atomic mass is 10.1. The topological polar surface area (TPSA) is 75.5 Å². The highest BCUT2D eigenvalue weighted by atomic mass is 16.5. The van der Waals surface area contributed by atoms with E-state index >= 15 is 0 Å². The Morgan fingerprint density at radius 1 is 1.22 bits per heavy atom. The van der Waals surface area contributed by atoms with Crippen molar-refractivity contribution in [2.45, 2.75) is 39.3 Å². The van der Waals surface area contributed by atoms with Gasteiger partial charge in [0.2, 0.25) is 0 Å². The van der Waals surface area contributed by atoms with Gasteiger partial charge in [-0.25, -0.2) is 9.50 Å². The number of H-pyrrole nitrogens is 1. The van der Waals surface area contributed by atoms with Gasteiger partial charge in [0, 0.05) is 26.7 Å². The number of rotatable bonds is 4. The number of ether oxygens (including phenoxy) is 1. The van der Waals surface area contributed by atoms with Crippen LogP contribution in [0.25, 0.3) is 5.52 Å². The highest BCUT2D eigenvalue weighted by Crippen LogP contribution is 2.28. The van der Waals surface area contributed by atoms with Crippen molar-refractivity contribution in [1.82, 2.24) is 24.5 Å². The van der Waals surface area contributed by atoms with Crippen LogP contribution in [0.1, 0.15) is 37.0 Å². The van der Waals surface area contributed by atoms with Crippen LogP contribution in [-0.2, 0) is 11.3 Å². The third kappa shape index (κ3) is 3.94. The Kier molecular flexibility index (Phi) is 6.03. The second-order valence-corrected chi connectivity index (χ2v) is 6.50. The zero-order valence-electron chi connectivity index (χ0n) is 16.3. The van der Waals surface area contributed by atoms with E-state index in [1.54, 1.807) is 17.8 Å². The van der Waals surface area contributed by atoms with Crippen molar-refractivity contribution >= 4 is 5.52 Å². The zero-order valence-corrected chi connectivity index (χ0v) is 16.3. The minimum atomic E-state index is -0.165. The molecule has 2 aromatic heterocycles. The molecule has 3 aromatic rings. The maximum absolute atomic E-state index is 12.3. The minimum absolute atomic E-state index is 0.00635.